The fraction of sp³-hybridized carbons (Fsp3) is 0.250. The first-order valence-electron chi connectivity index (χ1n) is 47.2. The van der Waals surface area contributed by atoms with Crippen molar-refractivity contribution in [1.29, 1.82) is 0 Å². The van der Waals surface area contributed by atoms with E-state index in [1.165, 1.54) is 66.8 Å². The van der Waals surface area contributed by atoms with Gasteiger partial charge in [0.2, 0.25) is 0 Å². The summed E-state index contributed by atoms with van der Waals surface area (Å²) in [4.78, 5) is 69.2. The summed E-state index contributed by atoms with van der Waals surface area (Å²) in [6, 6.07) is 57.0. The molecule has 12 N–H and O–H groups in total. The van der Waals surface area contributed by atoms with Gasteiger partial charge in [-0.3, -0.25) is 37.9 Å². The Morgan fingerprint density at radius 3 is 0.636 bits per heavy atom. The summed E-state index contributed by atoms with van der Waals surface area (Å²) in [5.74, 6) is 1.51. The number of nitrogens with two attached hydrogens (primary N) is 4. The summed E-state index contributed by atoms with van der Waals surface area (Å²) in [6.07, 6.45) is 14.8. The summed E-state index contributed by atoms with van der Waals surface area (Å²) in [7, 11) is 0. The molecule has 0 saturated carbocycles. The first kappa shape index (κ1) is 90.6. The highest BCUT2D eigenvalue weighted by atomic mass is 16.5. The molecule has 0 radical (unpaired) electrons. The maximum absolute atomic E-state index is 13.0. The molecule has 140 heavy (non-hydrogen) atoms. The topological polar surface area (TPSA) is 380 Å². The average molecular weight is 1860 g/mol. The molecule has 8 bridgehead atoms. The van der Waals surface area contributed by atoms with E-state index in [4.69, 9.17) is 41.9 Å². The lowest BCUT2D eigenvalue weighted by Gasteiger charge is -2.18. The molecule has 16 heterocycles. The lowest BCUT2D eigenvalue weighted by atomic mass is 9.84. The molecule has 28 nitrogen and oxygen atoms in total. The van der Waals surface area contributed by atoms with Crippen LogP contribution in [-0.4, -0.2) is 82.7 Å². The predicted octanol–water partition coefficient (Wildman–Crippen LogP) is 17.1. The number of carbonyl (C=O) groups is 4. The third-order valence-electron chi connectivity index (χ3n) is 28.0. The van der Waals surface area contributed by atoms with Gasteiger partial charge in [-0.15, -0.1) is 0 Å². The number of ether oxygens (including phenoxy) is 4. The van der Waals surface area contributed by atoms with Crippen molar-refractivity contribution in [3.05, 3.63) is 442 Å². The van der Waals surface area contributed by atoms with E-state index in [0.717, 1.165) is 147 Å². The standard InChI is InChI=1S/4C28H27N5O2/c2*1-15-11-31-33(13-15)14-18-4-6-20-22(9-18)26-21-7-5-19(10-23(21)27(20)35-26)28(34)30-12-24-16(2)8-25(29)32-17(24)3;2*1-15-11-31-33(13-15)14-18-4-6-20-22(9-18)27-23-10-19(5-7-21(23)26(20)35-27)28(34)30-12-24-16(2)8-25(29)32-17(24)3/h4*4-11,13,26-27H,12,14H2,1-3H3,(H2,29,32)(H,30,34)/t2*26-,27-;2*26-,27+/m1010/s1. The maximum Gasteiger partial charge on any atom is 0.251 e. The minimum absolute atomic E-state index is 0.0748. The van der Waals surface area contributed by atoms with Crippen molar-refractivity contribution in [2.24, 2.45) is 0 Å². The lowest BCUT2D eigenvalue weighted by Crippen LogP contribution is -2.24. The number of anilines is 4. The molecule has 24 rings (SSSR count). The highest BCUT2D eigenvalue weighted by Crippen LogP contribution is 2.59. The number of benzene rings is 8. The molecule has 0 saturated heterocycles. The number of hydrogen-bond acceptors (Lipinski definition) is 20. The lowest BCUT2D eigenvalue weighted by molar-refractivity contribution is 0.0855. The molecule has 0 aliphatic carbocycles. The van der Waals surface area contributed by atoms with Gasteiger partial charge in [0.25, 0.3) is 23.6 Å². The molecule has 704 valence electrons. The molecule has 8 aromatic carbocycles. The van der Waals surface area contributed by atoms with Gasteiger partial charge in [0.15, 0.2) is 0 Å². The first-order chi connectivity index (χ1) is 67.5. The zero-order valence-electron chi connectivity index (χ0n) is 80.0. The minimum Gasteiger partial charge on any atom is -0.384 e. The van der Waals surface area contributed by atoms with E-state index in [2.05, 4.69) is 134 Å². The molecule has 8 aliphatic rings. The fourth-order valence-electron chi connectivity index (χ4n) is 21.2. The maximum atomic E-state index is 13.0. The summed E-state index contributed by atoms with van der Waals surface area (Å²) in [5.41, 5.74) is 65.0. The summed E-state index contributed by atoms with van der Waals surface area (Å²) < 4.78 is 33.2. The van der Waals surface area contributed by atoms with Gasteiger partial charge in [0, 0.05) is 96.0 Å². The SMILES string of the molecule is Cc1cnn(Cc2ccc3c(c2)[C@@H]2O[C@H]3c3cc(C(=O)NCc4c(C)cc(N)nc4C)ccc32)c1.Cc1cnn(Cc2ccc3c(c2)[C@@H]2O[C@H]3c3ccc(C(=O)NCc4c(C)cc(N)nc4C)cc32)c1.Cc1cnn(Cc2ccc3c(c2)[C@H]2O[C@@H]3c3cc(C(=O)NCc4c(C)cc(N)nc4C)ccc32)c1.Cc1cnn(Cc2ccc3c(c2)[C@H]2O[C@@H]3c3ccc(C(=O)NCc4c(C)cc(N)nc4C)cc32)c1. The minimum atomic E-state index is -0.150. The molecule has 0 unspecified atom stereocenters. The fourth-order valence-corrected chi connectivity index (χ4v) is 21.2. The Bertz CT molecular complexity index is 7210. The number of nitrogen functional groups attached to an aromatic ring is 4. The van der Waals surface area contributed by atoms with Crippen LogP contribution in [0.25, 0.3) is 0 Å². The monoisotopic (exact) mass is 1860 g/mol. The Balaban J connectivity index is 0.000000111. The van der Waals surface area contributed by atoms with Crippen molar-refractivity contribution in [3.63, 3.8) is 0 Å². The van der Waals surface area contributed by atoms with Gasteiger partial charge in [0.05, 0.1) is 51.0 Å². The quantitative estimate of drug-likeness (QED) is 0.0351. The Hall–Kier alpha value is -15.9. The number of fused-ring (bicyclic) bond motifs is 32. The van der Waals surface area contributed by atoms with Gasteiger partial charge in [-0.05, 0) is 334 Å². The van der Waals surface area contributed by atoms with Gasteiger partial charge < -0.3 is 63.1 Å². The normalized spacial score (nSPS) is 17.3. The number of rotatable bonds is 20. The number of amides is 4. The first-order valence-corrected chi connectivity index (χ1v) is 47.2. The molecule has 0 fully saturated rings. The van der Waals surface area contributed by atoms with Crippen LogP contribution in [0.4, 0.5) is 23.3 Å². The van der Waals surface area contributed by atoms with Gasteiger partial charge >= 0.3 is 0 Å². The molecule has 28 heteroatoms. The van der Waals surface area contributed by atoms with E-state index >= 15 is 0 Å². The summed E-state index contributed by atoms with van der Waals surface area (Å²) in [6.45, 7) is 28.2. The molecule has 8 aliphatic heterocycles. The van der Waals surface area contributed by atoms with Gasteiger partial charge in [-0.25, -0.2) is 19.9 Å². The van der Waals surface area contributed by atoms with Crippen molar-refractivity contribution < 1.29 is 38.1 Å². The van der Waals surface area contributed by atoms with Crippen LogP contribution in [0, 0.1) is 83.1 Å². The van der Waals surface area contributed by atoms with Crippen molar-refractivity contribution >= 4 is 46.9 Å². The van der Waals surface area contributed by atoms with E-state index in [0.29, 0.717) is 84.8 Å². The number of pyridine rings is 4. The zero-order chi connectivity index (χ0) is 97.1. The Labute approximate surface area is 810 Å². The van der Waals surface area contributed by atoms with Gasteiger partial charge in [-0.2, -0.15) is 20.4 Å². The van der Waals surface area contributed by atoms with Crippen molar-refractivity contribution in [2.45, 2.75) is 184 Å². The number of nitrogens with zero attached hydrogens (tertiary/aromatic N) is 12. The van der Waals surface area contributed by atoms with Crippen LogP contribution >= 0.6 is 0 Å². The summed E-state index contributed by atoms with van der Waals surface area (Å²) >= 11 is 0. The third-order valence-corrected chi connectivity index (χ3v) is 28.0. The molecule has 0 spiro atoms. The second kappa shape index (κ2) is 36.6. The Morgan fingerprint density at radius 2 is 0.443 bits per heavy atom. The van der Waals surface area contributed by atoms with Crippen LogP contribution in [0.15, 0.2) is 219 Å². The molecular weight excluding hydrogens is 1750 g/mol. The van der Waals surface area contributed by atoms with Crippen LogP contribution in [0.2, 0.25) is 0 Å². The van der Waals surface area contributed by atoms with Crippen LogP contribution in [0.3, 0.4) is 0 Å². The predicted molar refractivity (Wildman–Crippen MR) is 532 cm³/mol. The van der Waals surface area contributed by atoms with E-state index in [9.17, 15) is 19.2 Å². The number of carbonyl (C=O) groups excluding carboxylic acids is 4. The van der Waals surface area contributed by atoms with E-state index < -0.39 is 0 Å². The molecule has 16 aromatic rings. The van der Waals surface area contributed by atoms with Crippen molar-refractivity contribution in [2.75, 3.05) is 22.9 Å². The number of hydrogen-bond donors (Lipinski definition) is 8. The number of aromatic nitrogens is 12. The second-order valence-corrected chi connectivity index (χ2v) is 38.1. The van der Waals surface area contributed by atoms with Crippen molar-refractivity contribution in [1.82, 2.24) is 80.3 Å². The van der Waals surface area contributed by atoms with Gasteiger partial charge in [-0.1, -0.05) is 97.1 Å². The van der Waals surface area contributed by atoms with Crippen LogP contribution in [0.1, 0.15) is 291 Å². The molecular formula is C112H108N20O8. The average Bonchev–Trinajstić information content (AvgIpc) is 1.58. The molecule has 8 atom stereocenters. The van der Waals surface area contributed by atoms with E-state index in [-0.39, 0.29) is 72.5 Å². The van der Waals surface area contributed by atoms with E-state index in [1.807, 2.05) is 248 Å². The molecule has 4 amide bonds. The summed E-state index contributed by atoms with van der Waals surface area (Å²) in [5, 5.41) is 29.8. The number of nitrogens with one attached hydrogen (secondary N) is 4. The smallest absolute Gasteiger partial charge is 0.251 e. The zero-order valence-corrected chi connectivity index (χ0v) is 80.0. The Kier molecular flexibility index (Phi) is 23.7. The Morgan fingerprint density at radius 1 is 0.257 bits per heavy atom. The van der Waals surface area contributed by atoms with Crippen LogP contribution < -0.4 is 44.2 Å². The highest BCUT2D eigenvalue weighted by Gasteiger charge is 2.48. The number of aryl methyl sites for hydroxylation is 12. The second-order valence-electron chi connectivity index (χ2n) is 38.1. The highest BCUT2D eigenvalue weighted by molar-refractivity contribution is 5.97. The third kappa shape index (κ3) is 17.5. The molecule has 8 aromatic heterocycles. The van der Waals surface area contributed by atoms with Crippen LogP contribution in [0.5, 0.6) is 0 Å². The van der Waals surface area contributed by atoms with Gasteiger partial charge in [0.1, 0.15) is 72.1 Å². The largest absolute Gasteiger partial charge is 0.384 e. The van der Waals surface area contributed by atoms with E-state index in [1.54, 1.807) is 0 Å². The van der Waals surface area contributed by atoms with Crippen molar-refractivity contribution in [3.8, 4) is 0 Å². The van der Waals surface area contributed by atoms with Crippen LogP contribution in [-0.2, 0) is 71.3 Å².